The fourth-order valence-electron chi connectivity index (χ4n) is 3.35. The fraction of sp³-hybridized carbons (Fsp3) is 0.571. The van der Waals surface area contributed by atoms with E-state index >= 15 is 0 Å². The van der Waals surface area contributed by atoms with Crippen molar-refractivity contribution >= 4 is 11.4 Å². The van der Waals surface area contributed by atoms with Crippen LogP contribution in [0.3, 0.4) is 0 Å². The number of anilines is 2. The Balaban J connectivity index is 1.82. The minimum Gasteiger partial charge on any atom is -0.497 e. The Morgan fingerprint density at radius 3 is 2.83 bits per heavy atom. The molecular formula is C14H20N2O2. The Morgan fingerprint density at radius 1 is 1.28 bits per heavy atom. The number of nitrogens with two attached hydrogens (primary N) is 1. The molecule has 4 nitrogen and oxygen atoms in total. The van der Waals surface area contributed by atoms with Crippen LogP contribution in [0.1, 0.15) is 12.8 Å². The maximum absolute atomic E-state index is 9.94. The molecule has 2 fully saturated rings. The topological polar surface area (TPSA) is 58.7 Å². The first kappa shape index (κ1) is 11.7. The van der Waals surface area contributed by atoms with Crippen LogP contribution in [0.25, 0.3) is 0 Å². The summed E-state index contributed by atoms with van der Waals surface area (Å²) in [6.45, 7) is 1.95. The van der Waals surface area contributed by atoms with Gasteiger partial charge in [0, 0.05) is 42.5 Å². The molecule has 1 aromatic rings. The molecule has 3 rings (SSSR count). The number of nitrogen functional groups attached to an aromatic ring is 1. The Labute approximate surface area is 107 Å². The molecule has 18 heavy (non-hydrogen) atoms. The number of fused-ring (bicyclic) bond motifs is 1. The Hall–Kier alpha value is -1.42. The van der Waals surface area contributed by atoms with E-state index in [1.165, 1.54) is 0 Å². The SMILES string of the molecule is COc1cc(N)cc(N2CC3CCC(O)C3C2)c1. The Morgan fingerprint density at radius 2 is 2.11 bits per heavy atom. The van der Waals surface area contributed by atoms with E-state index in [0.29, 0.717) is 11.8 Å². The highest BCUT2D eigenvalue weighted by molar-refractivity contribution is 5.61. The standard InChI is InChI=1S/C14H20N2O2/c1-18-12-5-10(15)4-11(6-12)16-7-9-2-3-14(17)13(9)8-16/h4-6,9,13-14,17H,2-3,7-8,15H2,1H3. The van der Waals surface area contributed by atoms with Gasteiger partial charge in [-0.1, -0.05) is 0 Å². The van der Waals surface area contributed by atoms with Gasteiger partial charge in [0.25, 0.3) is 0 Å². The van der Waals surface area contributed by atoms with E-state index < -0.39 is 0 Å². The van der Waals surface area contributed by atoms with E-state index in [9.17, 15) is 5.11 Å². The summed E-state index contributed by atoms with van der Waals surface area (Å²) in [4.78, 5) is 2.32. The molecule has 98 valence electrons. The van der Waals surface area contributed by atoms with Gasteiger partial charge in [-0.15, -0.1) is 0 Å². The smallest absolute Gasteiger partial charge is 0.122 e. The molecule has 1 aliphatic carbocycles. The maximum atomic E-state index is 9.94. The number of aliphatic hydroxyl groups excluding tert-OH is 1. The van der Waals surface area contributed by atoms with Gasteiger partial charge in [-0.25, -0.2) is 0 Å². The van der Waals surface area contributed by atoms with Crippen molar-refractivity contribution in [2.24, 2.45) is 11.8 Å². The first-order valence-electron chi connectivity index (χ1n) is 6.55. The predicted octanol–water partition coefficient (Wildman–Crippen LogP) is 1.48. The number of ether oxygens (including phenoxy) is 1. The van der Waals surface area contributed by atoms with E-state index in [4.69, 9.17) is 10.5 Å². The van der Waals surface area contributed by atoms with Crippen LogP contribution in [0.4, 0.5) is 11.4 Å². The second-order valence-electron chi connectivity index (χ2n) is 5.44. The predicted molar refractivity (Wildman–Crippen MR) is 71.8 cm³/mol. The van der Waals surface area contributed by atoms with Crippen molar-refractivity contribution in [3.05, 3.63) is 18.2 Å². The van der Waals surface area contributed by atoms with Crippen LogP contribution in [0.5, 0.6) is 5.75 Å². The number of nitrogens with zero attached hydrogens (tertiary/aromatic N) is 1. The van der Waals surface area contributed by atoms with E-state index in [2.05, 4.69) is 4.90 Å². The quantitative estimate of drug-likeness (QED) is 0.778. The summed E-state index contributed by atoms with van der Waals surface area (Å²) >= 11 is 0. The summed E-state index contributed by atoms with van der Waals surface area (Å²) in [5, 5.41) is 9.94. The summed E-state index contributed by atoms with van der Waals surface area (Å²) in [5.74, 6) is 1.85. The Bertz CT molecular complexity index is 449. The number of hydrogen-bond donors (Lipinski definition) is 2. The normalized spacial score (nSPS) is 30.6. The van der Waals surface area contributed by atoms with Crippen molar-refractivity contribution in [2.75, 3.05) is 30.8 Å². The van der Waals surface area contributed by atoms with Crippen LogP contribution in [-0.4, -0.2) is 31.4 Å². The summed E-state index contributed by atoms with van der Waals surface area (Å²) in [6.07, 6.45) is 1.98. The van der Waals surface area contributed by atoms with Crippen LogP contribution in [-0.2, 0) is 0 Å². The first-order valence-corrected chi connectivity index (χ1v) is 6.55. The average molecular weight is 248 g/mol. The second kappa shape index (κ2) is 4.35. The molecule has 0 aromatic heterocycles. The number of aliphatic hydroxyl groups is 1. The minimum absolute atomic E-state index is 0.122. The van der Waals surface area contributed by atoms with Gasteiger partial charge in [0.1, 0.15) is 5.75 Å². The van der Waals surface area contributed by atoms with Crippen molar-refractivity contribution in [1.82, 2.24) is 0 Å². The monoisotopic (exact) mass is 248 g/mol. The molecule has 3 atom stereocenters. The molecule has 1 aliphatic heterocycles. The van der Waals surface area contributed by atoms with E-state index in [0.717, 1.165) is 43.1 Å². The van der Waals surface area contributed by atoms with Gasteiger partial charge in [-0.2, -0.15) is 0 Å². The zero-order valence-electron chi connectivity index (χ0n) is 10.7. The van der Waals surface area contributed by atoms with Crippen LogP contribution in [0, 0.1) is 11.8 Å². The largest absolute Gasteiger partial charge is 0.497 e. The lowest BCUT2D eigenvalue weighted by molar-refractivity contribution is 0.133. The van der Waals surface area contributed by atoms with Gasteiger partial charge in [-0.05, 0) is 24.8 Å². The zero-order chi connectivity index (χ0) is 12.7. The van der Waals surface area contributed by atoms with Crippen LogP contribution < -0.4 is 15.4 Å². The summed E-state index contributed by atoms with van der Waals surface area (Å²) < 4.78 is 5.25. The fourth-order valence-corrected chi connectivity index (χ4v) is 3.35. The van der Waals surface area contributed by atoms with Crippen LogP contribution in [0.2, 0.25) is 0 Å². The van der Waals surface area contributed by atoms with Crippen molar-refractivity contribution < 1.29 is 9.84 Å². The second-order valence-corrected chi connectivity index (χ2v) is 5.44. The van der Waals surface area contributed by atoms with Crippen molar-refractivity contribution in [1.29, 1.82) is 0 Å². The zero-order valence-corrected chi connectivity index (χ0v) is 10.7. The average Bonchev–Trinajstić information content (AvgIpc) is 2.91. The van der Waals surface area contributed by atoms with Gasteiger partial charge in [0.05, 0.1) is 13.2 Å². The molecule has 1 saturated carbocycles. The van der Waals surface area contributed by atoms with Crippen molar-refractivity contribution in [2.45, 2.75) is 18.9 Å². The number of hydrogen-bond acceptors (Lipinski definition) is 4. The van der Waals surface area contributed by atoms with Crippen molar-refractivity contribution in [3.63, 3.8) is 0 Å². The van der Waals surface area contributed by atoms with Gasteiger partial charge in [0.2, 0.25) is 0 Å². The molecule has 3 unspecified atom stereocenters. The molecule has 0 bridgehead atoms. The first-order chi connectivity index (χ1) is 8.67. The molecule has 3 N–H and O–H groups in total. The highest BCUT2D eigenvalue weighted by atomic mass is 16.5. The minimum atomic E-state index is -0.122. The summed E-state index contributed by atoms with van der Waals surface area (Å²) in [7, 11) is 1.65. The third-order valence-corrected chi connectivity index (χ3v) is 4.33. The van der Waals surface area contributed by atoms with Crippen LogP contribution in [0.15, 0.2) is 18.2 Å². The Kier molecular flexibility index (Phi) is 2.82. The number of benzene rings is 1. The van der Waals surface area contributed by atoms with Crippen molar-refractivity contribution in [3.8, 4) is 5.75 Å². The highest BCUT2D eigenvalue weighted by Crippen LogP contribution is 2.40. The molecule has 0 spiro atoms. The molecule has 2 aliphatic rings. The van der Waals surface area contributed by atoms with Gasteiger partial charge < -0.3 is 20.5 Å². The summed E-state index contributed by atoms with van der Waals surface area (Å²) in [5.41, 5.74) is 7.72. The summed E-state index contributed by atoms with van der Waals surface area (Å²) in [6, 6.07) is 5.83. The molecular weight excluding hydrogens is 228 g/mol. The van der Waals surface area contributed by atoms with E-state index in [-0.39, 0.29) is 6.10 Å². The lowest BCUT2D eigenvalue weighted by Gasteiger charge is -2.21. The highest BCUT2D eigenvalue weighted by Gasteiger charge is 2.41. The molecule has 4 heteroatoms. The number of rotatable bonds is 2. The number of methoxy groups -OCH3 is 1. The third-order valence-electron chi connectivity index (χ3n) is 4.33. The molecule has 0 amide bonds. The molecule has 1 aromatic carbocycles. The molecule has 1 saturated heterocycles. The van der Waals surface area contributed by atoms with E-state index in [1.807, 2.05) is 18.2 Å². The van der Waals surface area contributed by atoms with Crippen LogP contribution >= 0.6 is 0 Å². The third kappa shape index (κ3) is 1.90. The van der Waals surface area contributed by atoms with Gasteiger partial charge >= 0.3 is 0 Å². The molecule has 0 radical (unpaired) electrons. The molecule has 1 heterocycles. The van der Waals surface area contributed by atoms with Gasteiger partial charge in [0.15, 0.2) is 0 Å². The maximum Gasteiger partial charge on any atom is 0.122 e. The lowest BCUT2D eigenvalue weighted by Crippen LogP contribution is -2.24. The lowest BCUT2D eigenvalue weighted by atomic mass is 10.00. The van der Waals surface area contributed by atoms with E-state index in [1.54, 1.807) is 7.11 Å². The van der Waals surface area contributed by atoms with Gasteiger partial charge in [-0.3, -0.25) is 0 Å².